The molecule has 3 N–H and O–H groups in total. The molecule has 2 fully saturated rings. The van der Waals surface area contributed by atoms with Crippen LogP contribution in [-0.4, -0.2) is 12.1 Å². The first kappa shape index (κ1) is 13.9. The third-order valence-electron chi connectivity index (χ3n) is 5.75. The highest BCUT2D eigenvalue weighted by atomic mass is 15.0. The second-order valence-corrected chi connectivity index (χ2v) is 7.19. The molecule has 0 amide bonds. The van der Waals surface area contributed by atoms with Gasteiger partial charge in [-0.05, 0) is 68.6 Å². The van der Waals surface area contributed by atoms with Gasteiger partial charge in [0, 0.05) is 17.8 Å². The van der Waals surface area contributed by atoms with E-state index in [0.29, 0.717) is 5.41 Å². The molecule has 2 saturated carbocycles. The topological polar surface area (TPSA) is 38.0 Å². The van der Waals surface area contributed by atoms with Crippen molar-refractivity contribution in [3.05, 3.63) is 29.8 Å². The molecule has 0 aliphatic heterocycles. The smallest absolute Gasteiger partial charge is 0.0496 e. The molecule has 1 spiro atoms. The molecule has 0 saturated heterocycles. The molecule has 20 heavy (non-hydrogen) atoms. The Kier molecular flexibility index (Phi) is 3.76. The van der Waals surface area contributed by atoms with Gasteiger partial charge in [0.1, 0.15) is 0 Å². The number of anilines is 1. The van der Waals surface area contributed by atoms with Gasteiger partial charge in [0.2, 0.25) is 0 Å². The van der Waals surface area contributed by atoms with E-state index in [9.17, 15) is 0 Å². The number of nitrogens with one attached hydrogen (secondary N) is 1. The summed E-state index contributed by atoms with van der Waals surface area (Å²) in [4.78, 5) is 0. The Bertz CT molecular complexity index is 450. The minimum atomic E-state index is 0.127. The normalized spacial score (nSPS) is 23.9. The molecule has 1 aromatic carbocycles. The summed E-state index contributed by atoms with van der Waals surface area (Å²) in [5, 5.41) is 3.77. The van der Waals surface area contributed by atoms with Crippen molar-refractivity contribution in [2.45, 2.75) is 63.8 Å². The first-order valence-electron chi connectivity index (χ1n) is 8.20. The van der Waals surface area contributed by atoms with Crippen LogP contribution >= 0.6 is 0 Å². The molecule has 0 heterocycles. The predicted molar refractivity (Wildman–Crippen MR) is 86.0 cm³/mol. The minimum Gasteiger partial charge on any atom is -0.378 e. The number of benzene rings is 1. The molecule has 0 aromatic heterocycles. The van der Waals surface area contributed by atoms with Crippen LogP contribution in [0.5, 0.6) is 0 Å². The lowest BCUT2D eigenvalue weighted by molar-refractivity contribution is 0.148. The molecule has 1 aromatic rings. The lowest BCUT2D eigenvalue weighted by atomic mass is 9.66. The van der Waals surface area contributed by atoms with Crippen molar-refractivity contribution in [3.8, 4) is 0 Å². The van der Waals surface area contributed by atoms with Gasteiger partial charge in [0.25, 0.3) is 0 Å². The fourth-order valence-electron chi connectivity index (χ4n) is 4.29. The first-order chi connectivity index (χ1) is 9.65. The van der Waals surface area contributed by atoms with E-state index in [-0.39, 0.29) is 5.54 Å². The molecule has 2 aliphatic carbocycles. The van der Waals surface area contributed by atoms with Crippen LogP contribution in [0.25, 0.3) is 0 Å². The van der Waals surface area contributed by atoms with Crippen LogP contribution in [0.4, 0.5) is 5.69 Å². The minimum absolute atomic E-state index is 0.127. The Morgan fingerprint density at radius 3 is 2.35 bits per heavy atom. The zero-order chi connectivity index (χ0) is 14.1. The highest BCUT2D eigenvalue weighted by Crippen LogP contribution is 2.51. The van der Waals surface area contributed by atoms with E-state index < -0.39 is 0 Å². The number of rotatable bonds is 3. The van der Waals surface area contributed by atoms with E-state index in [2.05, 4.69) is 36.5 Å². The number of aryl methyl sites for hydroxylation is 1. The van der Waals surface area contributed by atoms with Gasteiger partial charge in [-0.3, -0.25) is 0 Å². The summed E-state index contributed by atoms with van der Waals surface area (Å²) in [5.74, 6) is 0. The predicted octanol–water partition coefficient (Wildman–Crippen LogP) is 4.24. The van der Waals surface area contributed by atoms with Crippen molar-refractivity contribution in [2.75, 3.05) is 11.9 Å². The highest BCUT2D eigenvalue weighted by Gasteiger charge is 2.43. The van der Waals surface area contributed by atoms with Crippen LogP contribution in [0.15, 0.2) is 24.3 Å². The van der Waals surface area contributed by atoms with Gasteiger partial charge in [0.15, 0.2) is 0 Å². The van der Waals surface area contributed by atoms with Crippen LogP contribution in [0.3, 0.4) is 0 Å². The van der Waals surface area contributed by atoms with Gasteiger partial charge in [-0.15, -0.1) is 0 Å². The molecular formula is C18H28N2. The molecule has 110 valence electrons. The maximum atomic E-state index is 6.15. The van der Waals surface area contributed by atoms with Crippen LogP contribution < -0.4 is 11.1 Å². The van der Waals surface area contributed by atoms with E-state index >= 15 is 0 Å². The van der Waals surface area contributed by atoms with Gasteiger partial charge in [-0.1, -0.05) is 25.0 Å². The molecule has 2 heteroatoms. The Morgan fingerprint density at radius 1 is 1.05 bits per heavy atom. The third kappa shape index (κ3) is 2.71. The fraction of sp³-hybridized carbons (Fsp3) is 0.667. The Balaban J connectivity index is 1.70. The summed E-state index contributed by atoms with van der Waals surface area (Å²) in [7, 11) is 0. The van der Waals surface area contributed by atoms with Crippen molar-refractivity contribution in [1.29, 1.82) is 0 Å². The molecular weight excluding hydrogens is 244 g/mol. The van der Waals surface area contributed by atoms with Crippen LogP contribution in [0.2, 0.25) is 0 Å². The van der Waals surface area contributed by atoms with Crippen LogP contribution in [0, 0.1) is 12.3 Å². The standard InChI is InChI=1S/C18H28N2/c1-15-5-4-6-16(13-15)20-18(14-19)11-9-17(10-12-18)7-2-3-8-17/h4-6,13,20H,2-3,7-12,14,19H2,1H3. The van der Waals surface area contributed by atoms with Crippen molar-refractivity contribution < 1.29 is 0 Å². The zero-order valence-corrected chi connectivity index (χ0v) is 12.8. The Labute approximate surface area is 123 Å². The van der Waals surface area contributed by atoms with Crippen molar-refractivity contribution >= 4 is 5.69 Å². The molecule has 0 unspecified atom stereocenters. The molecule has 2 nitrogen and oxygen atoms in total. The van der Waals surface area contributed by atoms with E-state index in [1.165, 1.54) is 62.6 Å². The highest BCUT2D eigenvalue weighted by molar-refractivity contribution is 5.48. The van der Waals surface area contributed by atoms with E-state index in [0.717, 1.165) is 6.54 Å². The van der Waals surface area contributed by atoms with Crippen molar-refractivity contribution in [1.82, 2.24) is 0 Å². The SMILES string of the molecule is Cc1cccc(NC2(CN)CCC3(CCCC3)CC2)c1. The Morgan fingerprint density at radius 2 is 1.75 bits per heavy atom. The summed E-state index contributed by atoms with van der Waals surface area (Å²) in [6.45, 7) is 2.89. The summed E-state index contributed by atoms with van der Waals surface area (Å²) >= 11 is 0. The van der Waals surface area contributed by atoms with E-state index in [1.54, 1.807) is 0 Å². The van der Waals surface area contributed by atoms with Crippen LogP contribution in [0.1, 0.15) is 56.9 Å². The molecule has 0 atom stereocenters. The lowest BCUT2D eigenvalue weighted by Crippen LogP contribution is -2.50. The number of nitrogens with two attached hydrogens (primary N) is 1. The maximum absolute atomic E-state index is 6.15. The molecule has 0 bridgehead atoms. The average molecular weight is 272 g/mol. The fourth-order valence-corrected chi connectivity index (χ4v) is 4.29. The number of hydrogen-bond donors (Lipinski definition) is 2. The van der Waals surface area contributed by atoms with Crippen LogP contribution in [-0.2, 0) is 0 Å². The van der Waals surface area contributed by atoms with Crippen molar-refractivity contribution in [3.63, 3.8) is 0 Å². The average Bonchev–Trinajstić information content (AvgIpc) is 2.91. The summed E-state index contributed by atoms with van der Waals surface area (Å²) in [6.07, 6.45) is 11.0. The second kappa shape index (κ2) is 5.40. The van der Waals surface area contributed by atoms with E-state index in [1.807, 2.05) is 0 Å². The maximum Gasteiger partial charge on any atom is 0.0496 e. The summed E-state index contributed by atoms with van der Waals surface area (Å²) < 4.78 is 0. The van der Waals surface area contributed by atoms with Gasteiger partial charge in [-0.25, -0.2) is 0 Å². The molecule has 2 aliphatic rings. The summed E-state index contributed by atoms with van der Waals surface area (Å²) in [5.41, 5.74) is 9.49. The summed E-state index contributed by atoms with van der Waals surface area (Å²) in [6, 6.07) is 8.68. The van der Waals surface area contributed by atoms with Crippen molar-refractivity contribution in [2.24, 2.45) is 11.1 Å². The lowest BCUT2D eigenvalue weighted by Gasteiger charge is -2.45. The Hall–Kier alpha value is -1.02. The van der Waals surface area contributed by atoms with Gasteiger partial charge in [-0.2, -0.15) is 0 Å². The van der Waals surface area contributed by atoms with E-state index in [4.69, 9.17) is 5.73 Å². The first-order valence-corrected chi connectivity index (χ1v) is 8.20. The zero-order valence-electron chi connectivity index (χ0n) is 12.8. The van der Waals surface area contributed by atoms with Gasteiger partial charge < -0.3 is 11.1 Å². The monoisotopic (exact) mass is 272 g/mol. The third-order valence-corrected chi connectivity index (χ3v) is 5.75. The second-order valence-electron chi connectivity index (χ2n) is 7.19. The van der Waals surface area contributed by atoms with Gasteiger partial charge in [0.05, 0.1) is 0 Å². The quantitative estimate of drug-likeness (QED) is 0.863. The molecule has 3 rings (SSSR count). The largest absolute Gasteiger partial charge is 0.378 e. The van der Waals surface area contributed by atoms with Gasteiger partial charge >= 0.3 is 0 Å². The number of hydrogen-bond acceptors (Lipinski definition) is 2. The molecule has 0 radical (unpaired) electrons.